The second kappa shape index (κ2) is 11.9. The lowest BCUT2D eigenvalue weighted by molar-refractivity contribution is 0.0746. The normalized spacial score (nSPS) is 14.6. The number of thiazole rings is 1. The maximum Gasteiger partial charge on any atom is 0.253 e. The Labute approximate surface area is 225 Å². The zero-order valence-corrected chi connectivity index (χ0v) is 24.0. The molecule has 1 saturated heterocycles. The minimum absolute atomic E-state index is 0.0617. The summed E-state index contributed by atoms with van der Waals surface area (Å²) in [6.07, 6.45) is 3.55. The lowest BCUT2D eigenvalue weighted by Gasteiger charge is -2.34. The van der Waals surface area contributed by atoms with E-state index >= 15 is 0 Å². The van der Waals surface area contributed by atoms with Gasteiger partial charge in [-0.2, -0.15) is 4.31 Å². The van der Waals surface area contributed by atoms with E-state index in [1.807, 2.05) is 4.90 Å². The van der Waals surface area contributed by atoms with Crippen molar-refractivity contribution >= 4 is 42.6 Å². The Kier molecular flexibility index (Phi) is 8.87. The fourth-order valence-corrected chi connectivity index (χ4v) is 7.29. The number of hydrogen-bond acceptors (Lipinski definition) is 6. The van der Waals surface area contributed by atoms with Gasteiger partial charge >= 0.3 is 0 Å². The highest BCUT2D eigenvalue weighted by Gasteiger charge is 2.26. The summed E-state index contributed by atoms with van der Waals surface area (Å²) in [5.74, 6) is -0.0617. The van der Waals surface area contributed by atoms with Gasteiger partial charge in [0.2, 0.25) is 10.0 Å². The number of hydrogen-bond donors (Lipinski definition) is 0. The summed E-state index contributed by atoms with van der Waals surface area (Å²) in [4.78, 5) is 22.4. The molecule has 3 aromatic rings. The van der Waals surface area contributed by atoms with Crippen LogP contribution in [0.25, 0.3) is 10.2 Å². The standard InChI is InChI=1S/C28H38N4O3S2/c1-5-7-15-32(16-8-6-2)37(34,35)24-13-11-23(12-14-24)27(33)30-17-19-31(20-18-30)28-29-25-21(3)9-10-22(4)26(25)36-28/h9-14H,5-8,15-20H2,1-4H3. The van der Waals surface area contributed by atoms with Crippen LogP contribution in [0.1, 0.15) is 61.0 Å². The van der Waals surface area contributed by atoms with Crippen molar-refractivity contribution in [1.82, 2.24) is 14.2 Å². The molecule has 0 saturated carbocycles. The topological polar surface area (TPSA) is 73.8 Å². The molecule has 2 heterocycles. The highest BCUT2D eigenvalue weighted by atomic mass is 32.2. The average molecular weight is 543 g/mol. The lowest BCUT2D eigenvalue weighted by Crippen LogP contribution is -2.48. The molecule has 37 heavy (non-hydrogen) atoms. The van der Waals surface area contributed by atoms with E-state index in [0.717, 1.165) is 49.4 Å². The molecule has 0 atom stereocenters. The fraction of sp³-hybridized carbons (Fsp3) is 0.500. The van der Waals surface area contributed by atoms with Crippen molar-refractivity contribution in [2.45, 2.75) is 58.3 Å². The molecular weight excluding hydrogens is 504 g/mol. The Morgan fingerprint density at radius 1 is 0.919 bits per heavy atom. The molecule has 1 aromatic heterocycles. The zero-order chi connectivity index (χ0) is 26.6. The molecule has 0 spiro atoms. The first kappa shape index (κ1) is 27.5. The first-order valence-corrected chi connectivity index (χ1v) is 15.5. The number of fused-ring (bicyclic) bond motifs is 1. The number of carbonyl (C=O) groups excluding carboxylic acids is 1. The molecule has 0 aliphatic carbocycles. The predicted octanol–water partition coefficient (Wildman–Crippen LogP) is 5.47. The highest BCUT2D eigenvalue weighted by Crippen LogP contribution is 2.33. The molecule has 0 N–H and O–H groups in total. The maximum absolute atomic E-state index is 13.2. The van der Waals surface area contributed by atoms with E-state index < -0.39 is 10.0 Å². The van der Waals surface area contributed by atoms with E-state index in [1.165, 1.54) is 15.8 Å². The minimum atomic E-state index is -3.57. The van der Waals surface area contributed by atoms with Crippen LogP contribution in [0.5, 0.6) is 0 Å². The van der Waals surface area contributed by atoms with Crippen LogP contribution in [0.2, 0.25) is 0 Å². The fourth-order valence-electron chi connectivity index (χ4n) is 4.61. The molecule has 0 radical (unpaired) electrons. The molecule has 0 bridgehead atoms. The van der Waals surface area contributed by atoms with E-state index in [4.69, 9.17) is 4.98 Å². The van der Waals surface area contributed by atoms with E-state index in [1.54, 1.807) is 39.9 Å². The first-order chi connectivity index (χ1) is 17.8. The van der Waals surface area contributed by atoms with Gasteiger partial charge in [0.05, 0.1) is 15.1 Å². The number of piperazine rings is 1. The Morgan fingerprint density at radius 2 is 1.51 bits per heavy atom. The number of nitrogens with zero attached hydrogens (tertiary/aromatic N) is 4. The molecule has 9 heteroatoms. The van der Waals surface area contributed by atoms with E-state index in [9.17, 15) is 13.2 Å². The van der Waals surface area contributed by atoms with Crippen LogP contribution >= 0.6 is 11.3 Å². The third kappa shape index (κ3) is 5.99. The number of unbranched alkanes of at least 4 members (excludes halogenated alkanes) is 2. The zero-order valence-electron chi connectivity index (χ0n) is 22.4. The summed E-state index contributed by atoms with van der Waals surface area (Å²) >= 11 is 1.72. The van der Waals surface area contributed by atoms with Crippen LogP contribution < -0.4 is 4.90 Å². The SMILES string of the molecule is CCCCN(CCCC)S(=O)(=O)c1ccc(C(=O)N2CCN(c3nc4c(C)ccc(C)c4s3)CC2)cc1. The molecule has 1 amide bonds. The number of sulfonamides is 1. The summed E-state index contributed by atoms with van der Waals surface area (Å²) in [5, 5.41) is 1.00. The van der Waals surface area contributed by atoms with E-state index in [-0.39, 0.29) is 10.8 Å². The predicted molar refractivity (Wildman–Crippen MR) is 152 cm³/mol. The van der Waals surface area contributed by atoms with Gasteiger partial charge in [0.15, 0.2) is 5.13 Å². The number of amides is 1. The molecular formula is C28H38N4O3S2. The largest absolute Gasteiger partial charge is 0.345 e. The van der Waals surface area contributed by atoms with Gasteiger partial charge in [0.25, 0.3) is 5.91 Å². The molecule has 1 fully saturated rings. The van der Waals surface area contributed by atoms with Crippen molar-refractivity contribution < 1.29 is 13.2 Å². The number of rotatable bonds is 10. The second-order valence-corrected chi connectivity index (χ2v) is 12.7. The van der Waals surface area contributed by atoms with Gasteiger partial charge in [-0.05, 0) is 62.1 Å². The first-order valence-electron chi connectivity index (χ1n) is 13.3. The molecule has 4 rings (SSSR count). The number of aromatic nitrogens is 1. The van der Waals surface area contributed by atoms with Gasteiger partial charge in [-0.1, -0.05) is 50.2 Å². The molecule has 7 nitrogen and oxygen atoms in total. The summed E-state index contributed by atoms with van der Waals surface area (Å²) in [6, 6.07) is 10.7. The minimum Gasteiger partial charge on any atom is -0.345 e. The Hall–Kier alpha value is -2.49. The van der Waals surface area contributed by atoms with Crippen LogP contribution in [0, 0.1) is 13.8 Å². The van der Waals surface area contributed by atoms with Gasteiger partial charge in [0, 0.05) is 44.8 Å². The van der Waals surface area contributed by atoms with Crippen molar-refractivity contribution in [3.05, 3.63) is 53.1 Å². The maximum atomic E-state index is 13.2. The van der Waals surface area contributed by atoms with Gasteiger partial charge in [-0.15, -0.1) is 0 Å². The summed E-state index contributed by atoms with van der Waals surface area (Å²) in [6.45, 7) is 12.0. The number of anilines is 1. The van der Waals surface area contributed by atoms with Crippen molar-refractivity contribution in [3.8, 4) is 0 Å². The number of aryl methyl sites for hydroxylation is 2. The summed E-state index contributed by atoms with van der Waals surface area (Å²) in [5.41, 5.74) is 4.01. The summed E-state index contributed by atoms with van der Waals surface area (Å²) < 4.78 is 29.3. The van der Waals surface area contributed by atoms with Crippen molar-refractivity contribution in [3.63, 3.8) is 0 Å². The van der Waals surface area contributed by atoms with E-state index in [2.05, 4.69) is 44.7 Å². The molecule has 200 valence electrons. The monoisotopic (exact) mass is 542 g/mol. The van der Waals surface area contributed by atoms with Crippen LogP contribution in [0.3, 0.4) is 0 Å². The van der Waals surface area contributed by atoms with Crippen LogP contribution in [-0.2, 0) is 10.0 Å². The second-order valence-electron chi connectivity index (χ2n) is 9.79. The van der Waals surface area contributed by atoms with E-state index in [0.29, 0.717) is 31.7 Å². The molecule has 2 aromatic carbocycles. The smallest absolute Gasteiger partial charge is 0.253 e. The summed E-state index contributed by atoms with van der Waals surface area (Å²) in [7, 11) is -3.57. The van der Waals surface area contributed by atoms with Gasteiger partial charge < -0.3 is 9.80 Å². The van der Waals surface area contributed by atoms with Crippen LogP contribution in [0.15, 0.2) is 41.3 Å². The van der Waals surface area contributed by atoms with Crippen molar-refractivity contribution in [2.75, 3.05) is 44.2 Å². The van der Waals surface area contributed by atoms with Gasteiger partial charge in [0.1, 0.15) is 0 Å². The third-order valence-electron chi connectivity index (χ3n) is 7.03. The Morgan fingerprint density at radius 3 is 2.08 bits per heavy atom. The van der Waals surface area contributed by atoms with Crippen molar-refractivity contribution in [2.24, 2.45) is 0 Å². The van der Waals surface area contributed by atoms with Crippen LogP contribution in [-0.4, -0.2) is 67.8 Å². The lowest BCUT2D eigenvalue weighted by atomic mass is 10.1. The third-order valence-corrected chi connectivity index (χ3v) is 10.2. The molecule has 0 unspecified atom stereocenters. The van der Waals surface area contributed by atoms with Crippen LogP contribution in [0.4, 0.5) is 5.13 Å². The quantitative estimate of drug-likeness (QED) is 0.340. The van der Waals surface area contributed by atoms with Gasteiger partial charge in [-0.3, -0.25) is 4.79 Å². The Bertz CT molecular complexity index is 1280. The number of benzene rings is 2. The Balaban J connectivity index is 1.41. The van der Waals surface area contributed by atoms with Crippen molar-refractivity contribution in [1.29, 1.82) is 0 Å². The van der Waals surface area contributed by atoms with Gasteiger partial charge in [-0.25, -0.2) is 13.4 Å². The molecule has 1 aliphatic rings. The molecule has 1 aliphatic heterocycles. The highest BCUT2D eigenvalue weighted by molar-refractivity contribution is 7.89. The average Bonchev–Trinajstić information content (AvgIpc) is 3.38. The number of carbonyl (C=O) groups is 1.